The van der Waals surface area contributed by atoms with Gasteiger partial charge in [-0.05, 0) is 22.4 Å². The summed E-state index contributed by atoms with van der Waals surface area (Å²) in [6, 6.07) is 2.67. The van der Waals surface area contributed by atoms with Gasteiger partial charge in [-0.25, -0.2) is 9.97 Å². The topological polar surface area (TPSA) is 41.5 Å². The van der Waals surface area contributed by atoms with Crippen molar-refractivity contribution >= 4 is 21.7 Å². The standard InChI is InChI=1S/C15H23BrN4O/c1-11(2)15-17-13(16)9-14(18-15)20-4-3-12(10-20)19-5-7-21-8-6-19/h9,11-12H,3-8,10H2,1-2H3. The summed E-state index contributed by atoms with van der Waals surface area (Å²) in [7, 11) is 0. The lowest BCUT2D eigenvalue weighted by molar-refractivity contribution is 0.0209. The monoisotopic (exact) mass is 354 g/mol. The smallest absolute Gasteiger partial charge is 0.134 e. The first-order valence-electron chi connectivity index (χ1n) is 7.74. The van der Waals surface area contributed by atoms with E-state index in [1.165, 1.54) is 6.42 Å². The molecule has 0 aliphatic carbocycles. The molecule has 116 valence electrons. The van der Waals surface area contributed by atoms with E-state index in [0.29, 0.717) is 12.0 Å². The summed E-state index contributed by atoms with van der Waals surface area (Å²) in [4.78, 5) is 14.1. The fraction of sp³-hybridized carbons (Fsp3) is 0.733. The molecule has 1 atom stereocenters. The molecule has 6 heteroatoms. The minimum atomic E-state index is 0.346. The molecule has 0 aromatic carbocycles. The average molecular weight is 355 g/mol. The molecule has 2 fully saturated rings. The summed E-state index contributed by atoms with van der Waals surface area (Å²) in [5, 5.41) is 0. The Morgan fingerprint density at radius 2 is 2.00 bits per heavy atom. The van der Waals surface area contributed by atoms with Crippen LogP contribution >= 0.6 is 15.9 Å². The van der Waals surface area contributed by atoms with Crippen LogP contribution in [0, 0.1) is 0 Å². The third kappa shape index (κ3) is 3.55. The minimum Gasteiger partial charge on any atom is -0.379 e. The molecule has 0 saturated carbocycles. The van der Waals surface area contributed by atoms with E-state index in [1.54, 1.807) is 0 Å². The summed E-state index contributed by atoms with van der Waals surface area (Å²) in [6.45, 7) is 10.2. The van der Waals surface area contributed by atoms with Crippen molar-refractivity contribution < 1.29 is 4.74 Å². The van der Waals surface area contributed by atoms with Crippen molar-refractivity contribution in [2.24, 2.45) is 0 Å². The van der Waals surface area contributed by atoms with Gasteiger partial charge in [-0.3, -0.25) is 4.90 Å². The van der Waals surface area contributed by atoms with Crippen LogP contribution in [0.2, 0.25) is 0 Å². The molecule has 0 amide bonds. The van der Waals surface area contributed by atoms with Crippen LogP contribution in [0.1, 0.15) is 32.0 Å². The van der Waals surface area contributed by atoms with E-state index < -0.39 is 0 Å². The fourth-order valence-electron chi connectivity index (χ4n) is 3.03. The molecule has 0 spiro atoms. The largest absolute Gasteiger partial charge is 0.379 e. The molecule has 3 rings (SSSR count). The Morgan fingerprint density at radius 1 is 1.24 bits per heavy atom. The Kier molecular flexibility index (Phi) is 4.76. The maximum Gasteiger partial charge on any atom is 0.134 e. The maximum absolute atomic E-state index is 5.45. The number of ether oxygens (including phenoxy) is 1. The normalized spacial score (nSPS) is 24.0. The van der Waals surface area contributed by atoms with Crippen molar-refractivity contribution in [3.8, 4) is 0 Å². The number of halogens is 1. The summed E-state index contributed by atoms with van der Waals surface area (Å²) in [6.07, 6.45) is 1.21. The highest BCUT2D eigenvalue weighted by molar-refractivity contribution is 9.10. The van der Waals surface area contributed by atoms with Crippen molar-refractivity contribution in [2.75, 3.05) is 44.3 Å². The summed E-state index contributed by atoms with van der Waals surface area (Å²) in [5.41, 5.74) is 0. The highest BCUT2D eigenvalue weighted by atomic mass is 79.9. The zero-order chi connectivity index (χ0) is 14.8. The molecule has 2 saturated heterocycles. The van der Waals surface area contributed by atoms with E-state index in [-0.39, 0.29) is 0 Å². The predicted molar refractivity (Wildman–Crippen MR) is 86.8 cm³/mol. The van der Waals surface area contributed by atoms with Gasteiger partial charge >= 0.3 is 0 Å². The molecule has 0 radical (unpaired) electrons. The van der Waals surface area contributed by atoms with Crippen molar-refractivity contribution in [2.45, 2.75) is 32.2 Å². The number of morpholine rings is 1. The number of rotatable bonds is 3. The molecule has 0 bridgehead atoms. The minimum absolute atomic E-state index is 0.346. The van der Waals surface area contributed by atoms with Gasteiger partial charge in [-0.2, -0.15) is 0 Å². The second kappa shape index (κ2) is 6.58. The first-order valence-corrected chi connectivity index (χ1v) is 8.54. The zero-order valence-corrected chi connectivity index (χ0v) is 14.3. The first-order chi connectivity index (χ1) is 10.1. The molecular weight excluding hydrogens is 332 g/mol. The fourth-order valence-corrected chi connectivity index (χ4v) is 3.42. The van der Waals surface area contributed by atoms with E-state index in [9.17, 15) is 0 Å². The third-order valence-corrected chi connectivity index (χ3v) is 4.67. The lowest BCUT2D eigenvalue weighted by atomic mass is 10.2. The first kappa shape index (κ1) is 15.2. The third-order valence-electron chi connectivity index (χ3n) is 4.26. The van der Waals surface area contributed by atoms with Gasteiger partial charge in [-0.1, -0.05) is 13.8 Å². The van der Waals surface area contributed by atoms with Crippen molar-refractivity contribution in [1.82, 2.24) is 14.9 Å². The van der Waals surface area contributed by atoms with E-state index in [0.717, 1.165) is 55.6 Å². The summed E-state index contributed by atoms with van der Waals surface area (Å²) >= 11 is 3.52. The lowest BCUT2D eigenvalue weighted by Crippen LogP contribution is -2.44. The van der Waals surface area contributed by atoms with Gasteiger partial charge in [0.25, 0.3) is 0 Å². The Balaban J connectivity index is 1.70. The van der Waals surface area contributed by atoms with Crippen LogP contribution in [0.3, 0.4) is 0 Å². The molecule has 1 aromatic heterocycles. The predicted octanol–water partition coefficient (Wildman–Crippen LogP) is 2.27. The van der Waals surface area contributed by atoms with Crippen LogP contribution in [0.5, 0.6) is 0 Å². The molecule has 21 heavy (non-hydrogen) atoms. The quantitative estimate of drug-likeness (QED) is 0.778. The van der Waals surface area contributed by atoms with Crippen molar-refractivity contribution in [3.05, 3.63) is 16.5 Å². The number of hydrogen-bond donors (Lipinski definition) is 0. The van der Waals surface area contributed by atoms with E-state index in [4.69, 9.17) is 9.72 Å². The zero-order valence-electron chi connectivity index (χ0n) is 12.8. The number of anilines is 1. The maximum atomic E-state index is 5.45. The lowest BCUT2D eigenvalue weighted by Gasteiger charge is -2.32. The van der Waals surface area contributed by atoms with E-state index in [2.05, 4.69) is 44.6 Å². The van der Waals surface area contributed by atoms with Crippen molar-refractivity contribution in [1.29, 1.82) is 0 Å². The number of nitrogens with zero attached hydrogens (tertiary/aromatic N) is 4. The van der Waals surface area contributed by atoms with Gasteiger partial charge in [0.15, 0.2) is 0 Å². The highest BCUT2D eigenvalue weighted by Gasteiger charge is 2.29. The summed E-state index contributed by atoms with van der Waals surface area (Å²) in [5.74, 6) is 2.31. The van der Waals surface area contributed by atoms with Crippen LogP contribution < -0.4 is 4.90 Å². The van der Waals surface area contributed by atoms with Crippen LogP contribution in [0.15, 0.2) is 10.7 Å². The van der Waals surface area contributed by atoms with Gasteiger partial charge in [0.1, 0.15) is 16.2 Å². The molecule has 1 aromatic rings. The SMILES string of the molecule is CC(C)c1nc(Br)cc(N2CCC(N3CCOCC3)C2)n1. The Labute approximate surface area is 134 Å². The number of hydrogen-bond acceptors (Lipinski definition) is 5. The number of aromatic nitrogens is 2. The average Bonchev–Trinajstić information content (AvgIpc) is 2.97. The van der Waals surface area contributed by atoms with Gasteiger partial charge in [0.05, 0.1) is 13.2 Å². The second-order valence-electron chi connectivity index (χ2n) is 6.10. The van der Waals surface area contributed by atoms with Crippen LogP contribution in [-0.2, 0) is 4.74 Å². The van der Waals surface area contributed by atoms with Crippen LogP contribution in [0.4, 0.5) is 5.82 Å². The molecule has 2 aliphatic rings. The van der Waals surface area contributed by atoms with Gasteiger partial charge < -0.3 is 9.64 Å². The van der Waals surface area contributed by atoms with E-state index >= 15 is 0 Å². The molecule has 5 nitrogen and oxygen atoms in total. The molecular formula is C15H23BrN4O. The Hall–Kier alpha value is -0.720. The highest BCUT2D eigenvalue weighted by Crippen LogP contribution is 2.25. The van der Waals surface area contributed by atoms with Crippen molar-refractivity contribution in [3.63, 3.8) is 0 Å². The Bertz CT molecular complexity index is 491. The molecule has 3 heterocycles. The van der Waals surface area contributed by atoms with Gasteiger partial charge in [-0.15, -0.1) is 0 Å². The molecule has 1 unspecified atom stereocenters. The molecule has 0 N–H and O–H groups in total. The molecule has 2 aliphatic heterocycles. The van der Waals surface area contributed by atoms with Gasteiger partial charge in [0.2, 0.25) is 0 Å². The van der Waals surface area contributed by atoms with Crippen LogP contribution in [-0.4, -0.2) is 60.3 Å². The van der Waals surface area contributed by atoms with Crippen LogP contribution in [0.25, 0.3) is 0 Å². The van der Waals surface area contributed by atoms with E-state index in [1.807, 2.05) is 6.07 Å². The summed E-state index contributed by atoms with van der Waals surface area (Å²) < 4.78 is 6.33. The second-order valence-corrected chi connectivity index (χ2v) is 6.91. The van der Waals surface area contributed by atoms with Gasteiger partial charge in [0, 0.05) is 44.2 Å². The Morgan fingerprint density at radius 3 is 2.71 bits per heavy atom.